The Balaban J connectivity index is 2.43. The van der Waals surface area contributed by atoms with Gasteiger partial charge in [-0.25, -0.2) is 4.98 Å². The lowest BCUT2D eigenvalue weighted by molar-refractivity contribution is -0.130. The third kappa shape index (κ3) is 3.90. The fourth-order valence-corrected chi connectivity index (χ4v) is 2.24. The van der Waals surface area contributed by atoms with Crippen molar-refractivity contribution in [1.29, 1.82) is 0 Å². The van der Waals surface area contributed by atoms with Crippen LogP contribution in [0.15, 0.2) is 6.20 Å². The first-order valence-corrected chi connectivity index (χ1v) is 6.36. The third-order valence-corrected chi connectivity index (χ3v) is 3.47. The molecule has 90 valence electrons. The lowest BCUT2D eigenvalue weighted by atomic mass is 10.3. The van der Waals surface area contributed by atoms with Gasteiger partial charge in [0.1, 0.15) is 5.01 Å². The molecule has 1 heterocycles. The Bertz CT molecular complexity index is 338. The van der Waals surface area contributed by atoms with Gasteiger partial charge in [0.15, 0.2) is 0 Å². The maximum atomic E-state index is 11.6. The Hall–Kier alpha value is -0.940. The van der Waals surface area contributed by atoms with E-state index in [1.165, 1.54) is 4.88 Å². The van der Waals surface area contributed by atoms with Gasteiger partial charge in [-0.15, -0.1) is 11.3 Å². The van der Waals surface area contributed by atoms with Crippen LogP contribution in [0.4, 0.5) is 0 Å². The summed E-state index contributed by atoms with van der Waals surface area (Å²) < 4.78 is 0. The number of aryl methyl sites for hydroxylation is 1. The second-order valence-electron chi connectivity index (χ2n) is 3.72. The fraction of sp³-hybridized carbons (Fsp3) is 0.636. The molecule has 1 aromatic heterocycles. The summed E-state index contributed by atoms with van der Waals surface area (Å²) in [7, 11) is 1.81. The van der Waals surface area contributed by atoms with E-state index in [-0.39, 0.29) is 5.91 Å². The first-order chi connectivity index (χ1) is 7.67. The van der Waals surface area contributed by atoms with E-state index in [1.807, 2.05) is 13.2 Å². The van der Waals surface area contributed by atoms with E-state index in [1.54, 1.807) is 16.2 Å². The topological polar surface area (TPSA) is 59.2 Å². The molecular weight excluding hydrogens is 222 g/mol. The van der Waals surface area contributed by atoms with Gasteiger partial charge in [0.2, 0.25) is 5.91 Å². The highest BCUT2D eigenvalue weighted by molar-refractivity contribution is 7.11. The molecule has 0 fully saturated rings. The molecule has 1 aromatic rings. The Kier molecular flexibility index (Phi) is 5.42. The second kappa shape index (κ2) is 6.60. The number of aromatic nitrogens is 1. The summed E-state index contributed by atoms with van der Waals surface area (Å²) in [6.45, 7) is 3.28. The van der Waals surface area contributed by atoms with Gasteiger partial charge in [0.25, 0.3) is 0 Å². The highest BCUT2D eigenvalue weighted by Gasteiger charge is 2.10. The summed E-state index contributed by atoms with van der Waals surface area (Å²) in [5.41, 5.74) is 5.37. The van der Waals surface area contributed by atoms with Gasteiger partial charge in [0.05, 0.1) is 6.54 Å². The smallest absolute Gasteiger partial charge is 0.222 e. The molecule has 0 aromatic carbocycles. The second-order valence-corrected chi connectivity index (χ2v) is 4.92. The number of carbonyl (C=O) groups is 1. The maximum Gasteiger partial charge on any atom is 0.222 e. The average Bonchev–Trinajstić information content (AvgIpc) is 2.73. The summed E-state index contributed by atoms with van der Waals surface area (Å²) >= 11 is 1.67. The first-order valence-electron chi connectivity index (χ1n) is 5.55. The molecule has 0 saturated heterocycles. The number of hydrogen-bond acceptors (Lipinski definition) is 4. The molecular formula is C11H19N3OS. The minimum Gasteiger partial charge on any atom is -0.339 e. The van der Waals surface area contributed by atoms with Crippen LogP contribution in [0.5, 0.6) is 0 Å². The number of amides is 1. The van der Waals surface area contributed by atoms with Gasteiger partial charge < -0.3 is 10.6 Å². The predicted molar refractivity (Wildman–Crippen MR) is 66.3 cm³/mol. The summed E-state index contributed by atoms with van der Waals surface area (Å²) in [4.78, 5) is 18.9. The van der Waals surface area contributed by atoms with Crippen molar-refractivity contribution in [2.75, 3.05) is 13.6 Å². The van der Waals surface area contributed by atoms with E-state index in [0.29, 0.717) is 19.5 Å². The van der Waals surface area contributed by atoms with Crippen LogP contribution < -0.4 is 5.73 Å². The number of carbonyl (C=O) groups excluding carboxylic acids is 1. The highest BCUT2D eigenvalue weighted by atomic mass is 32.1. The van der Waals surface area contributed by atoms with Crippen LogP contribution in [0.25, 0.3) is 0 Å². The van der Waals surface area contributed by atoms with Crippen LogP contribution in [-0.2, 0) is 17.8 Å². The number of nitrogens with zero attached hydrogens (tertiary/aromatic N) is 2. The van der Waals surface area contributed by atoms with E-state index in [4.69, 9.17) is 5.73 Å². The average molecular weight is 241 g/mol. The van der Waals surface area contributed by atoms with Gasteiger partial charge in [-0.05, 0) is 19.4 Å². The third-order valence-electron chi connectivity index (χ3n) is 2.34. The lowest BCUT2D eigenvalue weighted by Gasteiger charge is -2.15. The van der Waals surface area contributed by atoms with Crippen LogP contribution in [0.2, 0.25) is 0 Å². The molecule has 0 aliphatic rings. The van der Waals surface area contributed by atoms with Crippen molar-refractivity contribution in [1.82, 2.24) is 9.88 Å². The number of thiazole rings is 1. The molecule has 0 bridgehead atoms. The van der Waals surface area contributed by atoms with Crippen molar-refractivity contribution in [2.45, 2.75) is 32.7 Å². The summed E-state index contributed by atoms with van der Waals surface area (Å²) in [5.74, 6) is 0.138. The van der Waals surface area contributed by atoms with E-state index >= 15 is 0 Å². The molecule has 0 aliphatic heterocycles. The Morgan fingerprint density at radius 2 is 2.38 bits per heavy atom. The van der Waals surface area contributed by atoms with E-state index in [2.05, 4.69) is 11.9 Å². The number of rotatable bonds is 6. The van der Waals surface area contributed by atoms with Gasteiger partial charge >= 0.3 is 0 Å². The van der Waals surface area contributed by atoms with Crippen molar-refractivity contribution in [2.24, 2.45) is 5.73 Å². The lowest BCUT2D eigenvalue weighted by Crippen LogP contribution is -2.26. The molecule has 2 N–H and O–H groups in total. The van der Waals surface area contributed by atoms with Crippen LogP contribution in [-0.4, -0.2) is 29.4 Å². The van der Waals surface area contributed by atoms with Crippen molar-refractivity contribution < 1.29 is 4.79 Å². The minimum absolute atomic E-state index is 0.138. The summed E-state index contributed by atoms with van der Waals surface area (Å²) in [5, 5.41) is 1.00. The normalized spacial score (nSPS) is 10.4. The zero-order valence-corrected chi connectivity index (χ0v) is 10.7. The number of nitrogens with two attached hydrogens (primary N) is 1. The van der Waals surface area contributed by atoms with Gasteiger partial charge in [-0.2, -0.15) is 0 Å². The summed E-state index contributed by atoms with van der Waals surface area (Å²) in [6, 6.07) is 0. The quantitative estimate of drug-likeness (QED) is 0.819. The van der Waals surface area contributed by atoms with Crippen molar-refractivity contribution in [3.05, 3.63) is 16.1 Å². The fourth-order valence-electron chi connectivity index (χ4n) is 1.32. The molecule has 1 rings (SSSR count). The Morgan fingerprint density at radius 3 is 2.94 bits per heavy atom. The molecule has 5 heteroatoms. The van der Waals surface area contributed by atoms with E-state index in [9.17, 15) is 4.79 Å². The SMILES string of the molecule is CCc1cnc(CN(C)C(=O)CCCN)s1. The van der Waals surface area contributed by atoms with Crippen molar-refractivity contribution in [3.63, 3.8) is 0 Å². The molecule has 0 saturated carbocycles. The molecule has 0 spiro atoms. The van der Waals surface area contributed by atoms with Gasteiger partial charge in [-0.3, -0.25) is 4.79 Å². The first kappa shape index (κ1) is 13.1. The predicted octanol–water partition coefficient (Wildman–Crippen LogP) is 1.40. The minimum atomic E-state index is 0.138. The zero-order valence-electron chi connectivity index (χ0n) is 9.90. The number of hydrogen-bond donors (Lipinski definition) is 1. The molecule has 1 amide bonds. The van der Waals surface area contributed by atoms with Crippen LogP contribution >= 0.6 is 11.3 Å². The molecule has 0 unspecified atom stereocenters. The molecule has 4 nitrogen and oxygen atoms in total. The monoisotopic (exact) mass is 241 g/mol. The van der Waals surface area contributed by atoms with Crippen LogP contribution in [0.3, 0.4) is 0 Å². The van der Waals surface area contributed by atoms with Crippen LogP contribution in [0, 0.1) is 0 Å². The Morgan fingerprint density at radius 1 is 1.62 bits per heavy atom. The van der Waals surface area contributed by atoms with Gasteiger partial charge in [-0.1, -0.05) is 6.92 Å². The standard InChI is InChI=1S/C11H19N3OS/c1-3-9-7-13-10(16-9)8-14(2)11(15)5-4-6-12/h7H,3-6,8,12H2,1-2H3. The molecule has 0 aliphatic carbocycles. The highest BCUT2D eigenvalue weighted by Crippen LogP contribution is 2.15. The Labute approximate surface area is 100 Å². The summed E-state index contributed by atoms with van der Waals surface area (Å²) in [6.07, 6.45) is 4.17. The largest absolute Gasteiger partial charge is 0.339 e. The van der Waals surface area contributed by atoms with Crippen LogP contribution in [0.1, 0.15) is 29.7 Å². The molecule has 0 atom stereocenters. The van der Waals surface area contributed by atoms with E-state index < -0.39 is 0 Å². The van der Waals surface area contributed by atoms with Crippen molar-refractivity contribution in [3.8, 4) is 0 Å². The molecule has 0 radical (unpaired) electrons. The van der Waals surface area contributed by atoms with Gasteiger partial charge in [0, 0.05) is 24.5 Å². The van der Waals surface area contributed by atoms with E-state index in [0.717, 1.165) is 17.8 Å². The maximum absolute atomic E-state index is 11.6. The zero-order chi connectivity index (χ0) is 12.0. The van der Waals surface area contributed by atoms with Crippen molar-refractivity contribution >= 4 is 17.2 Å². The molecule has 16 heavy (non-hydrogen) atoms.